The Kier molecular flexibility index (Phi) is 5.77. The van der Waals surface area contributed by atoms with Crippen LogP contribution < -0.4 is 5.32 Å². The molecule has 0 bridgehead atoms. The summed E-state index contributed by atoms with van der Waals surface area (Å²) in [5.74, 6) is 0.689. The van der Waals surface area contributed by atoms with Gasteiger partial charge >= 0.3 is 0 Å². The molecule has 0 aliphatic carbocycles. The summed E-state index contributed by atoms with van der Waals surface area (Å²) in [6.07, 6.45) is 6.18. The summed E-state index contributed by atoms with van der Waals surface area (Å²) in [6, 6.07) is 0.512. The molecule has 1 N–H and O–H groups in total. The lowest BCUT2D eigenvalue weighted by atomic mass is 9.80. The van der Waals surface area contributed by atoms with E-state index in [9.17, 15) is 0 Å². The van der Waals surface area contributed by atoms with Gasteiger partial charge in [0.05, 0.1) is 5.60 Å². The summed E-state index contributed by atoms with van der Waals surface area (Å²) in [7, 11) is 0. The van der Waals surface area contributed by atoms with Crippen molar-refractivity contribution in [2.75, 3.05) is 13.2 Å². The summed E-state index contributed by atoms with van der Waals surface area (Å²) in [5.41, 5.74) is 0.0584. The second-order valence-corrected chi connectivity index (χ2v) is 5.44. The number of hydrogen-bond acceptors (Lipinski definition) is 2. The summed E-state index contributed by atoms with van der Waals surface area (Å²) in [6.45, 7) is 11.2. The molecular formula is C14H29NO. The molecule has 0 radical (unpaired) electrons. The first-order chi connectivity index (χ1) is 7.64. The van der Waals surface area contributed by atoms with Crippen LogP contribution in [0.3, 0.4) is 0 Å². The maximum absolute atomic E-state index is 6.09. The van der Waals surface area contributed by atoms with E-state index in [0.717, 1.165) is 13.2 Å². The molecule has 1 fully saturated rings. The molecule has 0 spiro atoms. The van der Waals surface area contributed by atoms with Gasteiger partial charge in [-0.15, -0.1) is 0 Å². The van der Waals surface area contributed by atoms with Crippen LogP contribution in [0.25, 0.3) is 0 Å². The first kappa shape index (κ1) is 14.0. The van der Waals surface area contributed by atoms with Gasteiger partial charge in [0.15, 0.2) is 0 Å². The van der Waals surface area contributed by atoms with E-state index in [-0.39, 0.29) is 5.60 Å². The number of rotatable bonds is 6. The average Bonchev–Trinajstić information content (AvgIpc) is 2.30. The van der Waals surface area contributed by atoms with E-state index in [0.29, 0.717) is 12.0 Å². The average molecular weight is 227 g/mol. The molecule has 0 saturated carbocycles. The highest BCUT2D eigenvalue weighted by Gasteiger charge is 2.38. The van der Waals surface area contributed by atoms with Gasteiger partial charge in [0.1, 0.15) is 0 Å². The van der Waals surface area contributed by atoms with Gasteiger partial charge in [0.25, 0.3) is 0 Å². The third kappa shape index (κ3) is 3.46. The molecule has 1 aliphatic rings. The second kappa shape index (κ2) is 6.61. The van der Waals surface area contributed by atoms with Crippen molar-refractivity contribution in [3.05, 3.63) is 0 Å². The van der Waals surface area contributed by atoms with Gasteiger partial charge < -0.3 is 10.1 Å². The Morgan fingerprint density at radius 1 is 1.31 bits per heavy atom. The van der Waals surface area contributed by atoms with Crippen LogP contribution in [0.1, 0.15) is 59.8 Å². The lowest BCUT2D eigenvalue weighted by Crippen LogP contribution is -2.55. The summed E-state index contributed by atoms with van der Waals surface area (Å²) < 4.78 is 6.09. The van der Waals surface area contributed by atoms with E-state index in [1.54, 1.807) is 0 Å². The zero-order valence-corrected chi connectivity index (χ0v) is 11.5. The van der Waals surface area contributed by atoms with E-state index >= 15 is 0 Å². The first-order valence-electron chi connectivity index (χ1n) is 7.01. The molecular weight excluding hydrogens is 198 g/mol. The summed E-state index contributed by atoms with van der Waals surface area (Å²) in [5, 5.41) is 3.71. The number of ether oxygens (including phenoxy) is 1. The Morgan fingerprint density at radius 2 is 2.06 bits per heavy atom. The van der Waals surface area contributed by atoms with Crippen molar-refractivity contribution >= 4 is 0 Å². The van der Waals surface area contributed by atoms with E-state index < -0.39 is 0 Å². The Morgan fingerprint density at radius 3 is 2.56 bits per heavy atom. The highest BCUT2D eigenvalue weighted by atomic mass is 16.5. The molecule has 1 rings (SSSR count). The maximum atomic E-state index is 6.09. The zero-order valence-electron chi connectivity index (χ0n) is 11.5. The van der Waals surface area contributed by atoms with Crippen LogP contribution in [0, 0.1) is 5.92 Å². The molecule has 96 valence electrons. The third-order valence-corrected chi connectivity index (χ3v) is 3.98. The predicted molar refractivity (Wildman–Crippen MR) is 69.7 cm³/mol. The van der Waals surface area contributed by atoms with Crippen molar-refractivity contribution in [2.45, 2.75) is 71.4 Å². The Labute approximate surface area is 101 Å². The van der Waals surface area contributed by atoms with Crippen molar-refractivity contribution in [1.82, 2.24) is 5.32 Å². The Hall–Kier alpha value is -0.0800. The van der Waals surface area contributed by atoms with Crippen LogP contribution in [0.4, 0.5) is 0 Å². The van der Waals surface area contributed by atoms with Crippen molar-refractivity contribution in [3.8, 4) is 0 Å². The number of nitrogens with one attached hydrogen (secondary N) is 1. The van der Waals surface area contributed by atoms with Crippen LogP contribution in [0.5, 0.6) is 0 Å². The van der Waals surface area contributed by atoms with E-state index in [1.165, 1.54) is 32.1 Å². The van der Waals surface area contributed by atoms with Crippen molar-refractivity contribution in [2.24, 2.45) is 5.92 Å². The molecule has 16 heavy (non-hydrogen) atoms. The van der Waals surface area contributed by atoms with Crippen molar-refractivity contribution < 1.29 is 4.74 Å². The maximum Gasteiger partial charge on any atom is 0.0809 e. The lowest BCUT2D eigenvalue weighted by molar-refractivity contribution is -0.0991. The third-order valence-electron chi connectivity index (χ3n) is 3.98. The van der Waals surface area contributed by atoms with Crippen LogP contribution in [-0.2, 0) is 4.74 Å². The smallest absolute Gasteiger partial charge is 0.0809 e. The SMILES string of the molecule is CCCNC(C(C)CC)C1(C)CCCCO1. The molecule has 3 atom stereocenters. The highest BCUT2D eigenvalue weighted by molar-refractivity contribution is 4.93. The van der Waals surface area contributed by atoms with Gasteiger partial charge in [-0.3, -0.25) is 0 Å². The molecule has 1 heterocycles. The monoisotopic (exact) mass is 227 g/mol. The molecule has 0 aromatic rings. The highest BCUT2D eigenvalue weighted by Crippen LogP contribution is 2.32. The van der Waals surface area contributed by atoms with Gasteiger partial charge in [-0.2, -0.15) is 0 Å². The van der Waals surface area contributed by atoms with Crippen LogP contribution in [-0.4, -0.2) is 24.8 Å². The van der Waals surface area contributed by atoms with Crippen molar-refractivity contribution in [3.63, 3.8) is 0 Å². The molecule has 0 aromatic heterocycles. The molecule has 0 aromatic carbocycles. The zero-order chi connectivity index (χ0) is 12.0. The quantitative estimate of drug-likeness (QED) is 0.751. The Balaban J connectivity index is 2.64. The lowest BCUT2D eigenvalue weighted by Gasteiger charge is -2.43. The normalized spacial score (nSPS) is 30.0. The fraction of sp³-hybridized carbons (Fsp3) is 1.00. The van der Waals surface area contributed by atoms with Crippen LogP contribution in [0.15, 0.2) is 0 Å². The van der Waals surface area contributed by atoms with Gasteiger partial charge in [-0.25, -0.2) is 0 Å². The summed E-state index contributed by atoms with van der Waals surface area (Å²) in [4.78, 5) is 0. The minimum absolute atomic E-state index is 0.0584. The van der Waals surface area contributed by atoms with Crippen molar-refractivity contribution in [1.29, 1.82) is 0 Å². The van der Waals surface area contributed by atoms with Crippen LogP contribution in [0.2, 0.25) is 0 Å². The topological polar surface area (TPSA) is 21.3 Å². The van der Waals surface area contributed by atoms with E-state index in [1.807, 2.05) is 0 Å². The van der Waals surface area contributed by atoms with Gasteiger partial charge in [-0.05, 0) is 45.1 Å². The molecule has 2 nitrogen and oxygen atoms in total. The Bertz CT molecular complexity index is 187. The second-order valence-electron chi connectivity index (χ2n) is 5.44. The molecule has 0 amide bonds. The largest absolute Gasteiger partial charge is 0.374 e. The first-order valence-corrected chi connectivity index (χ1v) is 7.01. The molecule has 2 heteroatoms. The minimum Gasteiger partial charge on any atom is -0.374 e. The number of hydrogen-bond donors (Lipinski definition) is 1. The fourth-order valence-corrected chi connectivity index (χ4v) is 2.76. The molecule has 1 saturated heterocycles. The van der Waals surface area contributed by atoms with Gasteiger partial charge in [-0.1, -0.05) is 27.2 Å². The molecule has 3 unspecified atom stereocenters. The van der Waals surface area contributed by atoms with Gasteiger partial charge in [0, 0.05) is 12.6 Å². The fourth-order valence-electron chi connectivity index (χ4n) is 2.76. The van der Waals surface area contributed by atoms with E-state index in [4.69, 9.17) is 4.74 Å². The van der Waals surface area contributed by atoms with Crippen LogP contribution >= 0.6 is 0 Å². The minimum atomic E-state index is 0.0584. The van der Waals surface area contributed by atoms with E-state index in [2.05, 4.69) is 33.0 Å². The summed E-state index contributed by atoms with van der Waals surface area (Å²) >= 11 is 0. The standard InChI is InChI=1S/C14H29NO/c1-5-10-15-13(12(3)6-2)14(4)9-7-8-11-16-14/h12-13,15H,5-11H2,1-4H3. The molecule has 1 aliphatic heterocycles. The van der Waals surface area contributed by atoms with Gasteiger partial charge in [0.2, 0.25) is 0 Å². The predicted octanol–water partition coefficient (Wildman–Crippen LogP) is 3.36.